The molecule has 16 N–H and O–H groups in total. The van der Waals surface area contributed by atoms with Crippen molar-refractivity contribution in [1.82, 2.24) is 37.2 Å². The Morgan fingerprint density at radius 1 is 0.384 bits per heavy atom. The van der Waals surface area contributed by atoms with Crippen molar-refractivity contribution >= 4 is 58.7 Å². The largest absolute Gasteiger partial charge is 0.394 e. The van der Waals surface area contributed by atoms with Crippen LogP contribution in [0.3, 0.4) is 0 Å². The summed E-state index contributed by atoms with van der Waals surface area (Å²) < 4.78 is 61.6. The molecule has 0 aliphatic heterocycles. The molecule has 0 aromatic carbocycles. The van der Waals surface area contributed by atoms with Crippen LogP contribution in [0.1, 0.15) is 93.3 Å². The number of carbonyl (C=O) groups excluding carboxylic acids is 10. The summed E-state index contributed by atoms with van der Waals surface area (Å²) in [5, 5.41) is 106. The highest BCUT2D eigenvalue weighted by Gasteiger charge is 2.33. The molecule has 99 heavy (non-hydrogen) atoms. The summed E-state index contributed by atoms with van der Waals surface area (Å²) in [7, 11) is -0.449. The lowest BCUT2D eigenvalue weighted by molar-refractivity contribution is -0.133. The van der Waals surface area contributed by atoms with Gasteiger partial charge in [0.15, 0.2) is 5.78 Å². The van der Waals surface area contributed by atoms with E-state index in [9.17, 15) is 88.8 Å². The normalized spacial score (nSPS) is 14.8. The zero-order valence-corrected chi connectivity index (χ0v) is 57.8. The van der Waals surface area contributed by atoms with Crippen LogP contribution in [0.5, 0.6) is 0 Å². The van der Waals surface area contributed by atoms with Crippen molar-refractivity contribution < 1.29 is 143 Å². The fourth-order valence-electron chi connectivity index (χ4n) is 8.26. The summed E-state index contributed by atoms with van der Waals surface area (Å²) in [6.45, 7) is 8.84. The van der Waals surface area contributed by atoms with Gasteiger partial charge < -0.3 is 131 Å². The molecular weight excluding hydrogens is 1320 g/mol. The Bertz CT molecular complexity index is 2260. The lowest BCUT2D eigenvalue weighted by atomic mass is 9.92. The monoisotopic (exact) mass is 1430 g/mol. The van der Waals surface area contributed by atoms with Crippen molar-refractivity contribution in [2.75, 3.05) is 185 Å². The van der Waals surface area contributed by atoms with E-state index in [4.69, 9.17) is 53.8 Å². The van der Waals surface area contributed by atoms with Gasteiger partial charge in [0.25, 0.3) is 0 Å². The fourth-order valence-corrected chi connectivity index (χ4v) is 8.26. The maximum Gasteiger partial charge on any atom is 0.239 e. The Kier molecular flexibility index (Phi) is 54.7. The first-order valence-electron chi connectivity index (χ1n) is 33.9. The highest BCUT2D eigenvalue weighted by Crippen LogP contribution is 2.18. The van der Waals surface area contributed by atoms with Gasteiger partial charge in [0.05, 0.1) is 184 Å². The van der Waals surface area contributed by atoms with Gasteiger partial charge >= 0.3 is 0 Å². The molecular formula is C63H115N7O29. The van der Waals surface area contributed by atoms with E-state index < -0.39 is 160 Å². The lowest BCUT2D eigenvalue weighted by Crippen LogP contribution is -2.50. The van der Waals surface area contributed by atoms with Gasteiger partial charge in [0.2, 0.25) is 41.4 Å². The molecule has 0 aromatic rings. The van der Waals surface area contributed by atoms with Crippen LogP contribution < -0.4 is 37.2 Å². The average molecular weight is 1440 g/mol. The summed E-state index contributed by atoms with van der Waals surface area (Å²) in [6, 6.07) is 0. The van der Waals surface area contributed by atoms with Crippen molar-refractivity contribution in [2.24, 2.45) is 17.3 Å². The second-order valence-electron chi connectivity index (χ2n) is 23.9. The van der Waals surface area contributed by atoms with Crippen molar-refractivity contribution in [3.05, 3.63) is 0 Å². The molecule has 0 rings (SSSR count). The molecule has 0 fully saturated rings. The fraction of sp³-hybridized carbons (Fsp3) is 0.841. The quantitative estimate of drug-likeness (QED) is 0.0252. The van der Waals surface area contributed by atoms with Crippen LogP contribution in [-0.4, -0.2) is 339 Å². The van der Waals surface area contributed by atoms with Crippen LogP contribution >= 0.6 is 0 Å². The van der Waals surface area contributed by atoms with Gasteiger partial charge in [-0.1, -0.05) is 27.7 Å². The van der Waals surface area contributed by atoms with Gasteiger partial charge in [-0.3, -0.25) is 47.9 Å². The molecule has 0 aromatic heterocycles. The van der Waals surface area contributed by atoms with E-state index in [1.165, 1.54) is 0 Å². The van der Waals surface area contributed by atoms with Gasteiger partial charge in [-0.15, -0.1) is 0 Å². The van der Waals surface area contributed by atoms with Crippen LogP contribution in [0.15, 0.2) is 0 Å². The van der Waals surface area contributed by atoms with E-state index in [0.717, 1.165) is 0 Å². The third-order valence-corrected chi connectivity index (χ3v) is 14.0. The summed E-state index contributed by atoms with van der Waals surface area (Å²) in [6.07, 6.45) is -15.1. The highest BCUT2D eigenvalue weighted by molar-refractivity contribution is 5.93. The third kappa shape index (κ3) is 52.2. The first-order chi connectivity index (χ1) is 47.6. The van der Waals surface area contributed by atoms with Gasteiger partial charge in [-0.2, -0.15) is 0 Å². The van der Waals surface area contributed by atoms with Gasteiger partial charge in [0.1, 0.15) is 42.1 Å². The maximum atomic E-state index is 13.2. The zero-order chi connectivity index (χ0) is 74.9. The number of nitrogens with one attached hydrogen (secondary N) is 7. The molecule has 36 nitrogen and oxygen atoms in total. The Morgan fingerprint density at radius 2 is 0.798 bits per heavy atom. The van der Waals surface area contributed by atoms with E-state index in [2.05, 4.69) is 37.2 Å². The summed E-state index contributed by atoms with van der Waals surface area (Å²) in [5.41, 5.74) is -0.0272. The van der Waals surface area contributed by atoms with E-state index >= 15 is 0 Å². The van der Waals surface area contributed by atoms with Gasteiger partial charge in [-0.05, 0) is 24.7 Å². The Labute approximate surface area is 580 Å². The van der Waals surface area contributed by atoms with Gasteiger partial charge in [-0.25, -0.2) is 0 Å². The molecule has 0 saturated carbocycles. The van der Waals surface area contributed by atoms with Gasteiger partial charge in [0, 0.05) is 77.6 Å². The number of methoxy groups -OCH3 is 1. The van der Waals surface area contributed by atoms with Crippen LogP contribution in [0, 0.1) is 17.3 Å². The van der Waals surface area contributed by atoms with E-state index in [1.54, 1.807) is 6.92 Å². The van der Waals surface area contributed by atoms with E-state index in [0.29, 0.717) is 59.5 Å². The summed E-state index contributed by atoms with van der Waals surface area (Å²) in [4.78, 5) is 125. The highest BCUT2D eigenvalue weighted by atomic mass is 16.6. The van der Waals surface area contributed by atoms with Crippen LogP contribution in [0.4, 0.5) is 0 Å². The maximum absolute atomic E-state index is 13.2. The number of rotatable bonds is 66. The van der Waals surface area contributed by atoms with Crippen LogP contribution in [0.25, 0.3) is 0 Å². The Balaban J connectivity index is 4.13. The Hall–Kier alpha value is -5.46. The molecule has 36 heteroatoms. The minimum atomic E-state index is -1.96. The third-order valence-electron chi connectivity index (χ3n) is 14.0. The lowest BCUT2D eigenvalue weighted by Gasteiger charge is -2.26. The van der Waals surface area contributed by atoms with Crippen molar-refractivity contribution in [3.8, 4) is 0 Å². The topological polar surface area (TPSA) is 529 Å². The Morgan fingerprint density at radius 3 is 1.29 bits per heavy atom. The summed E-state index contributed by atoms with van der Waals surface area (Å²) in [5.74, 6) is -7.61. The first kappa shape index (κ1) is 91.6. The number of hydrogen-bond acceptors (Lipinski definition) is 29. The second kappa shape index (κ2) is 59.1. The number of aliphatic hydroxyl groups excluding tert-OH is 9. The van der Waals surface area contributed by atoms with Crippen LogP contribution in [0.2, 0.25) is 0 Å². The molecule has 0 bridgehead atoms. The molecule has 576 valence electrons. The molecule has 2 unspecified atom stereocenters. The minimum absolute atomic E-state index is 0.0154. The number of carbonyl (C=O) groups is 10. The number of ether oxygens (including phenoxy) is 10. The molecule has 0 aliphatic rings. The molecule has 0 aliphatic carbocycles. The molecule has 10 atom stereocenters. The van der Waals surface area contributed by atoms with Crippen LogP contribution in [-0.2, 0) is 95.3 Å². The second-order valence-corrected chi connectivity index (χ2v) is 23.9. The van der Waals surface area contributed by atoms with Crippen molar-refractivity contribution in [1.29, 1.82) is 0 Å². The van der Waals surface area contributed by atoms with E-state index in [-0.39, 0.29) is 155 Å². The number of hydrogen-bond donors (Lipinski definition) is 16. The van der Waals surface area contributed by atoms with Crippen molar-refractivity contribution in [2.45, 2.75) is 141 Å². The first-order valence-corrected chi connectivity index (χ1v) is 33.2. The summed E-state index contributed by atoms with van der Waals surface area (Å²) >= 11 is 0. The van der Waals surface area contributed by atoms with E-state index in [1.807, 2.05) is 20.8 Å². The molecule has 0 spiro atoms. The smallest absolute Gasteiger partial charge is 0.239 e. The number of Topliss-reactive ketones (excluding diaryl/α,β-unsaturated/α-hetero) is 3. The number of ketones is 3. The van der Waals surface area contributed by atoms with Crippen molar-refractivity contribution in [3.63, 3.8) is 0 Å². The average Bonchev–Trinajstić information content (AvgIpc) is 0.913. The molecule has 0 heterocycles. The zero-order valence-electron chi connectivity index (χ0n) is 58.8. The molecule has 7 amide bonds. The molecule has 0 saturated heterocycles. The number of aliphatic hydroxyl groups is 9. The standard InChI is InChI=1S/C63H115N7O29/c1-6-48(75)57(84)58(85)49(76)10-9-45(72)8-7-43(61(88)70-36-50(77)59(86)60(87)51(78)40-71)33-46(73)12-16-91-19-21-93-23-25-95-27-29-97-31-32-98-30-28-96-26-24-94-22-20-92-18-15-65-62(89)44(41-90-5)34-47(74)35-66-54(81)38-68-56(83)39-69-55(82)37-67-52(79)11-14-64-53(80)13-17-99-42-63(2,3)4/h43-44,48-51,57-60,71,75-78,84-87H,6-42H2,1-5H3,(H,64,80)(H,65,89)(H,66,81)(H,67,79)(H,68,83)(H,69,82)(H,70,88)/t43?,44?,48-,49+,50+,51-,57-,58-,59-,60-/m1/s1/i5D. The minimum Gasteiger partial charge on any atom is -0.394 e. The SMILES string of the molecule is [2H]COCC(CC(=O)CNC(=O)CNC(=O)CNC(=O)CNC(=O)CCNC(=O)CCOCC(C)(C)C)C(=O)NCCOCCOCCOCCOCCOCCOCCOCCOCCC(=O)CC(CCC(=O)CC[C@H](O)[C@@H](O)[C@H](O)[C@H](O)CC)C(=O)NC[C@H](O)[C@@H](O)[C@H](O)[C@H](O)CO. The predicted molar refractivity (Wildman–Crippen MR) is 349 cm³/mol. The number of amides is 7. The predicted octanol–water partition coefficient (Wildman–Crippen LogP) is -6.62. The molecule has 0 radical (unpaired) electrons.